The molecule has 1 N–H and O–H groups in total. The second-order valence-electron chi connectivity index (χ2n) is 4.94. The number of hydrogen-bond donors (Lipinski definition) is 1. The van der Waals surface area contributed by atoms with Crippen LogP contribution in [0.2, 0.25) is 5.02 Å². The summed E-state index contributed by atoms with van der Waals surface area (Å²) in [7, 11) is 2.78. The van der Waals surface area contributed by atoms with Crippen LogP contribution >= 0.6 is 11.6 Å². The third kappa shape index (κ3) is 4.60. The predicted molar refractivity (Wildman–Crippen MR) is 89.8 cm³/mol. The first kappa shape index (κ1) is 19.5. The molecule has 0 atom stereocenters. The summed E-state index contributed by atoms with van der Waals surface area (Å²) in [6.07, 6.45) is 0. The molecule has 0 heterocycles. The van der Waals surface area contributed by atoms with Crippen LogP contribution < -0.4 is 14.8 Å². The Hall–Kier alpha value is -2.87. The van der Waals surface area contributed by atoms with Gasteiger partial charge in [-0.25, -0.2) is 13.6 Å². The lowest BCUT2D eigenvalue weighted by Crippen LogP contribution is -2.21. The van der Waals surface area contributed by atoms with Crippen molar-refractivity contribution >= 4 is 29.2 Å². The Labute approximate surface area is 152 Å². The molecule has 0 bridgehead atoms. The average Bonchev–Trinajstić information content (AvgIpc) is 2.60. The smallest absolute Gasteiger partial charge is 0.341 e. The number of esters is 1. The molecular weight excluding hydrogens is 372 g/mol. The van der Waals surface area contributed by atoms with Crippen LogP contribution in [0, 0.1) is 11.6 Å². The highest BCUT2D eigenvalue weighted by molar-refractivity contribution is 6.32. The van der Waals surface area contributed by atoms with Crippen LogP contribution in [0.1, 0.15) is 10.4 Å². The Morgan fingerprint density at radius 2 is 1.77 bits per heavy atom. The number of hydrogen-bond acceptors (Lipinski definition) is 5. The predicted octanol–water partition coefficient (Wildman–Crippen LogP) is 3.43. The second-order valence-corrected chi connectivity index (χ2v) is 5.34. The minimum atomic E-state index is -1.10. The molecule has 0 saturated heterocycles. The van der Waals surface area contributed by atoms with Gasteiger partial charge in [-0.15, -0.1) is 0 Å². The molecule has 6 nitrogen and oxygen atoms in total. The maximum Gasteiger partial charge on any atom is 0.341 e. The van der Waals surface area contributed by atoms with Crippen molar-refractivity contribution in [2.24, 2.45) is 0 Å². The summed E-state index contributed by atoms with van der Waals surface area (Å²) >= 11 is 5.96. The summed E-state index contributed by atoms with van der Waals surface area (Å²) in [6.45, 7) is -0.691. The molecule has 2 rings (SSSR count). The minimum Gasteiger partial charge on any atom is -0.495 e. The third-order valence-electron chi connectivity index (χ3n) is 3.23. The summed E-state index contributed by atoms with van der Waals surface area (Å²) in [5.41, 5.74) is -0.243. The van der Waals surface area contributed by atoms with Crippen LogP contribution in [0.25, 0.3) is 0 Å². The number of ether oxygens (including phenoxy) is 3. The van der Waals surface area contributed by atoms with Gasteiger partial charge in [-0.3, -0.25) is 4.79 Å². The van der Waals surface area contributed by atoms with Gasteiger partial charge in [0, 0.05) is 18.2 Å². The zero-order chi connectivity index (χ0) is 19.3. The first-order valence-electron chi connectivity index (χ1n) is 7.19. The lowest BCUT2D eigenvalue weighted by atomic mass is 10.2. The van der Waals surface area contributed by atoms with Crippen LogP contribution in [-0.2, 0) is 9.53 Å². The fraction of sp³-hybridized carbons (Fsp3) is 0.176. The van der Waals surface area contributed by atoms with E-state index in [1.807, 2.05) is 0 Å². The Morgan fingerprint density at radius 3 is 2.38 bits per heavy atom. The van der Waals surface area contributed by atoms with Crippen molar-refractivity contribution in [1.82, 2.24) is 0 Å². The van der Waals surface area contributed by atoms with E-state index in [1.165, 1.54) is 26.4 Å². The van der Waals surface area contributed by atoms with Crippen molar-refractivity contribution in [2.45, 2.75) is 0 Å². The molecule has 0 aliphatic carbocycles. The zero-order valence-electron chi connectivity index (χ0n) is 13.8. The first-order valence-corrected chi connectivity index (χ1v) is 7.57. The molecule has 0 fully saturated rings. The van der Waals surface area contributed by atoms with Gasteiger partial charge in [-0.1, -0.05) is 11.6 Å². The summed E-state index contributed by atoms with van der Waals surface area (Å²) in [5, 5.41) is 2.74. The number of amides is 1. The highest BCUT2D eigenvalue weighted by Crippen LogP contribution is 2.35. The molecule has 0 spiro atoms. The third-order valence-corrected chi connectivity index (χ3v) is 3.53. The van der Waals surface area contributed by atoms with Gasteiger partial charge in [-0.2, -0.15) is 0 Å². The van der Waals surface area contributed by atoms with E-state index in [4.69, 9.17) is 25.8 Å². The van der Waals surface area contributed by atoms with Gasteiger partial charge >= 0.3 is 5.97 Å². The lowest BCUT2D eigenvalue weighted by Gasteiger charge is -2.13. The average molecular weight is 386 g/mol. The maximum atomic E-state index is 13.5. The fourth-order valence-corrected chi connectivity index (χ4v) is 2.24. The van der Waals surface area contributed by atoms with Crippen molar-refractivity contribution < 1.29 is 32.6 Å². The molecule has 0 unspecified atom stereocenters. The van der Waals surface area contributed by atoms with E-state index >= 15 is 0 Å². The highest BCUT2D eigenvalue weighted by Gasteiger charge is 2.17. The quantitative estimate of drug-likeness (QED) is 0.771. The molecule has 138 valence electrons. The summed E-state index contributed by atoms with van der Waals surface area (Å²) in [4.78, 5) is 23.7. The molecule has 26 heavy (non-hydrogen) atoms. The standard InChI is InChI=1S/C17H14ClF2NO5/c1-24-14-7-13(15(25-2)6-11(14)18)21-16(22)8-26-17(23)10-4-3-9(19)5-12(10)20/h3-7H,8H2,1-2H3,(H,21,22). The number of methoxy groups -OCH3 is 2. The van der Waals surface area contributed by atoms with Crippen LogP contribution in [0.3, 0.4) is 0 Å². The minimum absolute atomic E-state index is 0.239. The van der Waals surface area contributed by atoms with Crippen LogP contribution in [0.5, 0.6) is 11.5 Å². The van der Waals surface area contributed by atoms with Crippen molar-refractivity contribution in [3.63, 3.8) is 0 Å². The number of carbonyl (C=O) groups is 2. The second kappa shape index (κ2) is 8.48. The largest absolute Gasteiger partial charge is 0.495 e. The Kier molecular flexibility index (Phi) is 6.35. The lowest BCUT2D eigenvalue weighted by molar-refractivity contribution is -0.119. The van der Waals surface area contributed by atoms with Crippen LogP contribution in [0.4, 0.5) is 14.5 Å². The van der Waals surface area contributed by atoms with E-state index in [-0.39, 0.29) is 16.5 Å². The van der Waals surface area contributed by atoms with Gasteiger partial charge in [0.15, 0.2) is 6.61 Å². The van der Waals surface area contributed by atoms with Crippen LogP contribution in [-0.4, -0.2) is 32.7 Å². The van der Waals surface area contributed by atoms with Crippen molar-refractivity contribution in [1.29, 1.82) is 0 Å². The van der Waals surface area contributed by atoms with Crippen molar-refractivity contribution in [3.05, 3.63) is 52.6 Å². The summed E-state index contributed by atoms with van der Waals surface area (Å²) < 4.78 is 41.2. The van der Waals surface area contributed by atoms with Gasteiger partial charge in [-0.05, 0) is 12.1 Å². The molecule has 0 aromatic heterocycles. The van der Waals surface area contributed by atoms with E-state index in [2.05, 4.69) is 5.32 Å². The fourth-order valence-electron chi connectivity index (χ4n) is 2.01. The van der Waals surface area contributed by atoms with Crippen LogP contribution in [0.15, 0.2) is 30.3 Å². The van der Waals surface area contributed by atoms with Gasteiger partial charge in [0.05, 0.1) is 30.5 Å². The SMILES string of the molecule is COc1cc(NC(=O)COC(=O)c2ccc(F)cc2F)c(OC)cc1Cl. The molecule has 0 aliphatic rings. The zero-order valence-corrected chi connectivity index (χ0v) is 14.5. The number of anilines is 1. The van der Waals surface area contributed by atoms with E-state index < -0.39 is 35.7 Å². The molecule has 9 heteroatoms. The van der Waals surface area contributed by atoms with Crippen molar-refractivity contribution in [2.75, 3.05) is 26.1 Å². The topological polar surface area (TPSA) is 73.9 Å². The number of rotatable bonds is 6. The van der Waals surface area contributed by atoms with Gasteiger partial charge < -0.3 is 19.5 Å². The molecule has 2 aromatic carbocycles. The normalized spacial score (nSPS) is 10.2. The number of carbonyl (C=O) groups excluding carboxylic acids is 2. The van der Waals surface area contributed by atoms with E-state index in [0.717, 1.165) is 12.1 Å². The van der Waals surface area contributed by atoms with Gasteiger partial charge in [0.25, 0.3) is 5.91 Å². The summed E-state index contributed by atoms with van der Waals surface area (Å²) in [6, 6.07) is 5.25. The maximum absolute atomic E-state index is 13.5. The van der Waals surface area contributed by atoms with E-state index in [0.29, 0.717) is 11.8 Å². The van der Waals surface area contributed by atoms with Crippen molar-refractivity contribution in [3.8, 4) is 11.5 Å². The monoisotopic (exact) mass is 385 g/mol. The number of halogens is 3. The molecule has 0 radical (unpaired) electrons. The Morgan fingerprint density at radius 1 is 1.08 bits per heavy atom. The van der Waals surface area contributed by atoms with Gasteiger partial charge in [0.1, 0.15) is 23.1 Å². The first-order chi connectivity index (χ1) is 12.3. The highest BCUT2D eigenvalue weighted by atomic mass is 35.5. The Balaban J connectivity index is 2.04. The summed E-state index contributed by atoms with van der Waals surface area (Å²) in [5.74, 6) is -3.16. The number of nitrogens with one attached hydrogen (secondary N) is 1. The number of benzene rings is 2. The molecular formula is C17H14ClF2NO5. The molecule has 0 aliphatic heterocycles. The van der Waals surface area contributed by atoms with E-state index in [1.54, 1.807) is 0 Å². The Bertz CT molecular complexity index is 844. The molecule has 2 aromatic rings. The molecule has 0 saturated carbocycles. The van der Waals surface area contributed by atoms with Gasteiger partial charge in [0.2, 0.25) is 0 Å². The van der Waals surface area contributed by atoms with E-state index in [9.17, 15) is 18.4 Å². The molecule has 1 amide bonds.